The van der Waals surface area contributed by atoms with Gasteiger partial charge in [0, 0.05) is 25.3 Å². The van der Waals surface area contributed by atoms with Gasteiger partial charge >= 0.3 is 0 Å². The highest BCUT2D eigenvalue weighted by molar-refractivity contribution is 6.30. The maximum atomic E-state index is 13.1. The molecule has 1 aliphatic rings. The second kappa shape index (κ2) is 6.46. The number of aryl methyl sites for hydroxylation is 1. The molecule has 0 fully saturated rings. The second-order valence-electron chi connectivity index (χ2n) is 5.33. The van der Waals surface area contributed by atoms with Gasteiger partial charge in [0.05, 0.1) is 5.02 Å². The number of benzene rings is 2. The van der Waals surface area contributed by atoms with E-state index in [4.69, 9.17) is 11.6 Å². The Labute approximate surface area is 129 Å². The molecule has 0 aromatic heterocycles. The summed E-state index contributed by atoms with van der Waals surface area (Å²) in [7, 11) is 0. The number of halogens is 2. The SMILES string of the molecule is Fc1ccc(CNCc2cccc3c2NCCC3)cc1Cl. The van der Waals surface area contributed by atoms with E-state index in [1.165, 1.54) is 29.3 Å². The quantitative estimate of drug-likeness (QED) is 0.887. The molecule has 0 saturated heterocycles. The van der Waals surface area contributed by atoms with Gasteiger partial charge in [-0.25, -0.2) is 4.39 Å². The van der Waals surface area contributed by atoms with E-state index in [0.717, 1.165) is 25.1 Å². The fourth-order valence-corrected chi connectivity index (χ4v) is 2.92. The van der Waals surface area contributed by atoms with Crippen molar-refractivity contribution in [3.8, 4) is 0 Å². The molecule has 2 aromatic rings. The Hall–Kier alpha value is -1.58. The Bertz CT molecular complexity index is 643. The highest BCUT2D eigenvalue weighted by atomic mass is 35.5. The lowest BCUT2D eigenvalue weighted by atomic mass is 9.99. The number of hydrogen-bond donors (Lipinski definition) is 2. The summed E-state index contributed by atoms with van der Waals surface area (Å²) < 4.78 is 13.1. The van der Waals surface area contributed by atoms with Crippen LogP contribution in [0.2, 0.25) is 5.02 Å². The van der Waals surface area contributed by atoms with Crippen LogP contribution in [0.4, 0.5) is 10.1 Å². The Balaban J connectivity index is 1.64. The van der Waals surface area contributed by atoms with Crippen molar-refractivity contribution in [1.82, 2.24) is 5.32 Å². The predicted octanol–water partition coefficient (Wildman–Crippen LogP) is 4.13. The third-order valence-corrected chi connectivity index (χ3v) is 4.08. The fourth-order valence-electron chi connectivity index (χ4n) is 2.72. The molecule has 110 valence electrons. The maximum absolute atomic E-state index is 13.1. The van der Waals surface area contributed by atoms with Crippen LogP contribution in [0.5, 0.6) is 0 Å². The molecule has 0 amide bonds. The van der Waals surface area contributed by atoms with E-state index >= 15 is 0 Å². The molecule has 21 heavy (non-hydrogen) atoms. The molecule has 2 N–H and O–H groups in total. The minimum atomic E-state index is -0.373. The molecule has 1 aliphatic heterocycles. The number of hydrogen-bond acceptors (Lipinski definition) is 2. The van der Waals surface area contributed by atoms with Crippen molar-refractivity contribution in [2.24, 2.45) is 0 Å². The second-order valence-corrected chi connectivity index (χ2v) is 5.74. The first kappa shape index (κ1) is 14.4. The Kier molecular flexibility index (Phi) is 4.42. The van der Waals surface area contributed by atoms with Crippen LogP contribution in [0.3, 0.4) is 0 Å². The van der Waals surface area contributed by atoms with Crippen LogP contribution in [-0.4, -0.2) is 6.54 Å². The molecule has 0 radical (unpaired) electrons. The predicted molar refractivity (Wildman–Crippen MR) is 85.2 cm³/mol. The van der Waals surface area contributed by atoms with Gasteiger partial charge in [-0.1, -0.05) is 35.9 Å². The Morgan fingerprint density at radius 2 is 2.10 bits per heavy atom. The summed E-state index contributed by atoms with van der Waals surface area (Å²) in [6.07, 6.45) is 2.34. The van der Waals surface area contributed by atoms with Gasteiger partial charge in [0.15, 0.2) is 0 Å². The van der Waals surface area contributed by atoms with Gasteiger partial charge in [-0.3, -0.25) is 0 Å². The van der Waals surface area contributed by atoms with Crippen molar-refractivity contribution in [3.05, 3.63) is 63.9 Å². The van der Waals surface area contributed by atoms with Gasteiger partial charge in [0.25, 0.3) is 0 Å². The summed E-state index contributed by atoms with van der Waals surface area (Å²) >= 11 is 5.79. The lowest BCUT2D eigenvalue weighted by Crippen LogP contribution is -2.18. The highest BCUT2D eigenvalue weighted by Gasteiger charge is 2.11. The molecule has 0 spiro atoms. The van der Waals surface area contributed by atoms with E-state index in [2.05, 4.69) is 28.8 Å². The van der Waals surface area contributed by atoms with Crippen molar-refractivity contribution in [3.63, 3.8) is 0 Å². The molecular formula is C17H18ClFN2. The highest BCUT2D eigenvalue weighted by Crippen LogP contribution is 2.26. The number of para-hydroxylation sites is 1. The van der Waals surface area contributed by atoms with Crippen molar-refractivity contribution in [2.75, 3.05) is 11.9 Å². The van der Waals surface area contributed by atoms with Gasteiger partial charge in [-0.05, 0) is 41.7 Å². The molecule has 0 atom stereocenters. The molecule has 1 heterocycles. The van der Waals surface area contributed by atoms with Gasteiger partial charge < -0.3 is 10.6 Å². The zero-order valence-corrected chi connectivity index (χ0v) is 12.5. The molecule has 0 bridgehead atoms. The largest absolute Gasteiger partial charge is 0.385 e. The standard InChI is InChI=1S/C17H18ClFN2/c18-15-9-12(6-7-16(15)19)10-20-11-14-4-1-3-13-5-2-8-21-17(13)14/h1,3-4,6-7,9,20-21H,2,5,8,10-11H2. The number of nitrogens with one attached hydrogen (secondary N) is 2. The molecule has 3 rings (SSSR count). The third-order valence-electron chi connectivity index (χ3n) is 3.79. The van der Waals surface area contributed by atoms with Gasteiger partial charge in [0.1, 0.15) is 5.82 Å². The summed E-state index contributed by atoms with van der Waals surface area (Å²) in [5, 5.41) is 7.05. The third kappa shape index (κ3) is 3.36. The van der Waals surface area contributed by atoms with Crippen molar-refractivity contribution in [2.45, 2.75) is 25.9 Å². The van der Waals surface area contributed by atoms with E-state index in [0.29, 0.717) is 6.54 Å². The van der Waals surface area contributed by atoms with Gasteiger partial charge in [0.2, 0.25) is 0 Å². The summed E-state index contributed by atoms with van der Waals surface area (Å²) in [5.74, 6) is -0.373. The zero-order chi connectivity index (χ0) is 14.7. The summed E-state index contributed by atoms with van der Waals surface area (Å²) in [6.45, 7) is 2.49. The minimum absolute atomic E-state index is 0.174. The molecule has 2 aromatic carbocycles. The smallest absolute Gasteiger partial charge is 0.141 e. The number of fused-ring (bicyclic) bond motifs is 1. The molecular weight excluding hydrogens is 287 g/mol. The van der Waals surface area contributed by atoms with Crippen LogP contribution in [0, 0.1) is 5.82 Å². The monoisotopic (exact) mass is 304 g/mol. The number of anilines is 1. The van der Waals surface area contributed by atoms with Gasteiger partial charge in [-0.15, -0.1) is 0 Å². The van der Waals surface area contributed by atoms with E-state index in [-0.39, 0.29) is 10.8 Å². The maximum Gasteiger partial charge on any atom is 0.141 e. The Morgan fingerprint density at radius 1 is 1.19 bits per heavy atom. The van der Waals surface area contributed by atoms with Gasteiger partial charge in [-0.2, -0.15) is 0 Å². The molecule has 0 saturated carbocycles. The van der Waals surface area contributed by atoms with Crippen molar-refractivity contribution in [1.29, 1.82) is 0 Å². The Morgan fingerprint density at radius 3 is 2.95 bits per heavy atom. The lowest BCUT2D eigenvalue weighted by molar-refractivity contribution is 0.625. The van der Waals surface area contributed by atoms with Crippen LogP contribution in [-0.2, 0) is 19.5 Å². The first-order valence-electron chi connectivity index (χ1n) is 7.23. The normalized spacial score (nSPS) is 13.6. The molecule has 2 nitrogen and oxygen atoms in total. The summed E-state index contributed by atoms with van der Waals surface area (Å²) in [5.41, 5.74) is 4.93. The van der Waals surface area contributed by atoms with E-state index < -0.39 is 0 Å². The van der Waals surface area contributed by atoms with Crippen molar-refractivity contribution >= 4 is 17.3 Å². The fraction of sp³-hybridized carbons (Fsp3) is 0.294. The number of rotatable bonds is 4. The molecule has 4 heteroatoms. The zero-order valence-electron chi connectivity index (χ0n) is 11.8. The van der Waals surface area contributed by atoms with Crippen molar-refractivity contribution < 1.29 is 4.39 Å². The molecule has 0 aliphatic carbocycles. The van der Waals surface area contributed by atoms with E-state index in [1.807, 2.05) is 0 Å². The lowest BCUT2D eigenvalue weighted by Gasteiger charge is -2.21. The van der Waals surface area contributed by atoms with Crippen LogP contribution in [0.1, 0.15) is 23.1 Å². The first-order valence-corrected chi connectivity index (χ1v) is 7.61. The minimum Gasteiger partial charge on any atom is -0.385 e. The summed E-state index contributed by atoms with van der Waals surface area (Å²) in [6, 6.07) is 11.3. The van der Waals surface area contributed by atoms with E-state index in [9.17, 15) is 4.39 Å². The molecule has 0 unspecified atom stereocenters. The van der Waals surface area contributed by atoms with Crippen LogP contribution < -0.4 is 10.6 Å². The van der Waals surface area contributed by atoms with Crippen LogP contribution in [0.15, 0.2) is 36.4 Å². The van der Waals surface area contributed by atoms with Crippen LogP contribution >= 0.6 is 11.6 Å². The average Bonchev–Trinajstić information content (AvgIpc) is 2.51. The first-order chi connectivity index (χ1) is 10.2. The summed E-state index contributed by atoms with van der Waals surface area (Å²) in [4.78, 5) is 0. The topological polar surface area (TPSA) is 24.1 Å². The van der Waals surface area contributed by atoms with E-state index in [1.54, 1.807) is 12.1 Å². The van der Waals surface area contributed by atoms with Crippen LogP contribution in [0.25, 0.3) is 0 Å². The average molecular weight is 305 g/mol.